The fourth-order valence-corrected chi connectivity index (χ4v) is 8.15. The van der Waals surface area contributed by atoms with Gasteiger partial charge in [0, 0.05) is 50.5 Å². The molecule has 55 heavy (non-hydrogen) atoms. The van der Waals surface area contributed by atoms with Crippen LogP contribution >= 0.6 is 0 Å². The average molecular weight is 746 g/mol. The molecule has 10 heteroatoms. The van der Waals surface area contributed by atoms with Gasteiger partial charge in [0.2, 0.25) is 11.8 Å². The Morgan fingerprint density at radius 3 is 2.33 bits per heavy atom. The van der Waals surface area contributed by atoms with Crippen LogP contribution in [0.2, 0.25) is 0 Å². The highest BCUT2D eigenvalue weighted by Gasteiger charge is 2.36. The fraction of sp³-hybridized carbons (Fsp3) is 0.422. The minimum absolute atomic E-state index is 0.00749. The number of nitrogens with one attached hydrogen (secondary N) is 2. The average Bonchev–Trinajstić information content (AvgIpc) is 3.90. The number of aliphatic hydroxyl groups is 1. The van der Waals surface area contributed by atoms with Gasteiger partial charge in [0.15, 0.2) is 6.29 Å². The van der Waals surface area contributed by atoms with Crippen LogP contribution in [0.5, 0.6) is 0 Å². The summed E-state index contributed by atoms with van der Waals surface area (Å²) in [5.41, 5.74) is 13.0. The van der Waals surface area contributed by atoms with E-state index in [1.807, 2.05) is 36.4 Å². The van der Waals surface area contributed by atoms with E-state index in [0.29, 0.717) is 30.4 Å². The zero-order valence-corrected chi connectivity index (χ0v) is 31.7. The predicted molar refractivity (Wildman–Crippen MR) is 216 cm³/mol. The topological polar surface area (TPSA) is 129 Å². The molecular formula is C45H55N5O5. The SMILES string of the molecule is Nc1ccccc1NC(=O)CCCC(=O)NCc1cccc(-c2cccc(C3OC(CN4CCCC4CN4CCCC4)CC(c4ccc(CO)cc4)O3)c2)c1. The Labute approximate surface area is 325 Å². The number of anilines is 2. The lowest BCUT2D eigenvalue weighted by atomic mass is 9.98. The lowest BCUT2D eigenvalue weighted by molar-refractivity contribution is -0.253. The summed E-state index contributed by atoms with van der Waals surface area (Å²) in [7, 11) is 0. The second-order valence-electron chi connectivity index (χ2n) is 15.2. The number of nitrogens with zero attached hydrogens (tertiary/aromatic N) is 2. The zero-order chi connectivity index (χ0) is 38.0. The highest BCUT2D eigenvalue weighted by Crippen LogP contribution is 2.40. The van der Waals surface area contributed by atoms with Crippen LogP contribution in [0, 0.1) is 0 Å². The van der Waals surface area contributed by atoms with Crippen molar-refractivity contribution in [1.82, 2.24) is 15.1 Å². The van der Waals surface area contributed by atoms with Crippen LogP contribution in [0.3, 0.4) is 0 Å². The Morgan fingerprint density at radius 2 is 1.53 bits per heavy atom. The molecule has 0 aliphatic carbocycles. The number of benzene rings is 4. The molecule has 3 fully saturated rings. The molecule has 10 nitrogen and oxygen atoms in total. The van der Waals surface area contributed by atoms with Crippen molar-refractivity contribution in [3.05, 3.63) is 119 Å². The van der Waals surface area contributed by atoms with Crippen LogP contribution in [-0.4, -0.2) is 71.6 Å². The minimum atomic E-state index is -0.532. The molecule has 0 spiro atoms. The summed E-state index contributed by atoms with van der Waals surface area (Å²) in [6, 6.07) is 32.3. The van der Waals surface area contributed by atoms with Gasteiger partial charge in [-0.05, 0) is 104 Å². The quantitative estimate of drug-likeness (QED) is 0.0963. The van der Waals surface area contributed by atoms with Crippen molar-refractivity contribution in [3.8, 4) is 11.1 Å². The number of hydrogen-bond acceptors (Lipinski definition) is 8. The molecule has 0 radical (unpaired) electrons. The third kappa shape index (κ3) is 10.6. The number of ether oxygens (including phenoxy) is 2. The van der Waals surface area contributed by atoms with Crippen molar-refractivity contribution >= 4 is 23.2 Å². The van der Waals surface area contributed by atoms with Gasteiger partial charge in [0.25, 0.3) is 0 Å². The highest BCUT2D eigenvalue weighted by atomic mass is 16.7. The third-order valence-electron chi connectivity index (χ3n) is 11.2. The lowest BCUT2D eigenvalue weighted by Crippen LogP contribution is -2.45. The Kier molecular flexibility index (Phi) is 13.3. The van der Waals surface area contributed by atoms with Crippen LogP contribution in [0.4, 0.5) is 11.4 Å². The van der Waals surface area contributed by atoms with Gasteiger partial charge in [-0.3, -0.25) is 14.5 Å². The van der Waals surface area contributed by atoms with Gasteiger partial charge >= 0.3 is 0 Å². The number of para-hydroxylation sites is 2. The molecule has 3 aliphatic heterocycles. The van der Waals surface area contributed by atoms with E-state index in [0.717, 1.165) is 59.4 Å². The van der Waals surface area contributed by atoms with Gasteiger partial charge in [-0.1, -0.05) is 72.8 Å². The van der Waals surface area contributed by atoms with Crippen molar-refractivity contribution in [2.75, 3.05) is 43.8 Å². The molecule has 0 bridgehead atoms. The standard InChI is InChI=1S/C45H55N5O5/c46-40-14-1-2-15-41(40)48-44(53)17-7-16-43(52)47-28-33-9-5-10-35(25-33)36-11-6-12-37(26-36)45-54-39(27-42(55-45)34-20-18-32(31-51)19-21-34)30-50-24-8-13-38(50)29-49-22-3-4-23-49/h1-2,5-6,9-12,14-15,18-21,25-26,38-39,42,45,51H,3-4,7-8,13,16-17,22-24,27-31,46H2,(H,47,52)(H,48,53). The predicted octanol–water partition coefficient (Wildman–Crippen LogP) is 6.96. The van der Waals surface area contributed by atoms with Crippen molar-refractivity contribution in [2.24, 2.45) is 0 Å². The number of nitrogens with two attached hydrogens (primary N) is 1. The van der Waals surface area contributed by atoms with Crippen molar-refractivity contribution in [2.45, 2.75) is 89.1 Å². The maximum atomic E-state index is 12.7. The summed E-state index contributed by atoms with van der Waals surface area (Å²) in [6.07, 6.45) is 6.12. The van der Waals surface area contributed by atoms with Gasteiger partial charge in [-0.15, -0.1) is 0 Å². The summed E-state index contributed by atoms with van der Waals surface area (Å²) >= 11 is 0. The van der Waals surface area contributed by atoms with Crippen LogP contribution in [0.15, 0.2) is 97.1 Å². The van der Waals surface area contributed by atoms with Crippen LogP contribution < -0.4 is 16.4 Å². The van der Waals surface area contributed by atoms with Gasteiger partial charge in [-0.25, -0.2) is 0 Å². The maximum absolute atomic E-state index is 12.7. The van der Waals surface area contributed by atoms with Gasteiger partial charge in [0.1, 0.15) is 0 Å². The first-order chi connectivity index (χ1) is 26.9. The van der Waals surface area contributed by atoms with Gasteiger partial charge in [-0.2, -0.15) is 0 Å². The normalized spacial score (nSPS) is 21.8. The number of hydrogen-bond donors (Lipinski definition) is 4. The first kappa shape index (κ1) is 38.7. The Morgan fingerprint density at radius 1 is 0.764 bits per heavy atom. The Bertz CT molecular complexity index is 1880. The number of aliphatic hydroxyl groups excluding tert-OH is 1. The summed E-state index contributed by atoms with van der Waals surface area (Å²) in [6.45, 7) is 5.97. The molecule has 3 aliphatic rings. The van der Waals surface area contributed by atoms with E-state index in [9.17, 15) is 14.7 Å². The second kappa shape index (κ2) is 18.8. The summed E-state index contributed by atoms with van der Waals surface area (Å²) in [4.78, 5) is 30.3. The number of rotatable bonds is 15. The van der Waals surface area contributed by atoms with Crippen molar-refractivity contribution in [3.63, 3.8) is 0 Å². The number of carbonyl (C=O) groups excluding carboxylic acids is 2. The number of nitrogen functional groups attached to an aromatic ring is 1. The summed E-state index contributed by atoms with van der Waals surface area (Å²) in [5.74, 6) is -0.266. The molecule has 3 saturated heterocycles. The van der Waals surface area contributed by atoms with Crippen LogP contribution in [-0.2, 0) is 32.2 Å². The molecule has 290 valence electrons. The monoisotopic (exact) mass is 745 g/mol. The first-order valence-electron chi connectivity index (χ1n) is 20.0. The molecule has 7 rings (SSSR count). The van der Waals surface area contributed by atoms with E-state index in [1.54, 1.807) is 12.1 Å². The highest BCUT2D eigenvalue weighted by molar-refractivity contribution is 5.94. The largest absolute Gasteiger partial charge is 0.397 e. The minimum Gasteiger partial charge on any atom is -0.397 e. The zero-order valence-electron chi connectivity index (χ0n) is 31.7. The van der Waals surface area contributed by atoms with Crippen molar-refractivity contribution < 1.29 is 24.2 Å². The maximum Gasteiger partial charge on any atom is 0.224 e. The Balaban J connectivity index is 0.981. The fourth-order valence-electron chi connectivity index (χ4n) is 8.15. The van der Waals surface area contributed by atoms with Gasteiger partial charge < -0.3 is 35.8 Å². The van der Waals surface area contributed by atoms with E-state index in [1.165, 1.54) is 38.8 Å². The Hall–Kier alpha value is -4.58. The molecule has 0 saturated carbocycles. The van der Waals surface area contributed by atoms with Gasteiger partial charge in [0.05, 0.1) is 30.2 Å². The van der Waals surface area contributed by atoms with E-state index in [-0.39, 0.29) is 43.5 Å². The lowest BCUT2D eigenvalue weighted by Gasteiger charge is -2.39. The molecule has 4 unspecified atom stereocenters. The molecular weight excluding hydrogens is 691 g/mol. The number of likely N-dealkylation sites (tertiary alicyclic amines) is 2. The molecule has 2 amide bonds. The summed E-state index contributed by atoms with van der Waals surface area (Å²) in [5, 5.41) is 15.5. The number of carbonyl (C=O) groups is 2. The van der Waals surface area contributed by atoms with Crippen molar-refractivity contribution in [1.29, 1.82) is 0 Å². The smallest absolute Gasteiger partial charge is 0.224 e. The van der Waals surface area contributed by atoms with E-state index in [4.69, 9.17) is 15.2 Å². The molecule has 0 aromatic heterocycles. The molecule has 4 aromatic rings. The molecule has 4 aromatic carbocycles. The van der Waals surface area contributed by atoms with E-state index >= 15 is 0 Å². The second-order valence-corrected chi connectivity index (χ2v) is 15.2. The van der Waals surface area contributed by atoms with Crippen LogP contribution in [0.25, 0.3) is 11.1 Å². The number of amides is 2. The van der Waals surface area contributed by atoms with E-state index < -0.39 is 6.29 Å². The first-order valence-corrected chi connectivity index (χ1v) is 20.0. The molecule has 3 heterocycles. The van der Waals surface area contributed by atoms with Crippen LogP contribution in [0.1, 0.15) is 86.0 Å². The van der Waals surface area contributed by atoms with E-state index in [2.05, 4.69) is 69.0 Å². The molecule has 5 N–H and O–H groups in total. The summed E-state index contributed by atoms with van der Waals surface area (Å²) < 4.78 is 13.5. The third-order valence-corrected chi connectivity index (χ3v) is 11.2. The molecule has 4 atom stereocenters.